The van der Waals surface area contributed by atoms with E-state index in [1.165, 1.54) is 28.1 Å². The van der Waals surface area contributed by atoms with Gasteiger partial charge >= 0.3 is 148 Å². The molecule has 0 saturated carbocycles. The molecule has 0 aliphatic carbocycles. The Morgan fingerprint density at radius 3 is 2.56 bits per heavy atom. The molecule has 3 rings (SSSR count). The Bertz CT molecular complexity index is 553. The summed E-state index contributed by atoms with van der Waals surface area (Å²) in [5, 5.41) is 0. The van der Waals surface area contributed by atoms with Crippen molar-refractivity contribution in [2.45, 2.75) is 40.6 Å². The molecule has 2 N–H and O–H groups in total. The van der Waals surface area contributed by atoms with Crippen LogP contribution in [0, 0.1) is 6.92 Å². The van der Waals surface area contributed by atoms with Crippen molar-refractivity contribution in [2.75, 3.05) is 26.2 Å². The molecule has 1 aromatic rings. The van der Waals surface area contributed by atoms with Crippen molar-refractivity contribution in [3.8, 4) is 0 Å². The number of benzene rings is 1. The van der Waals surface area contributed by atoms with Crippen LogP contribution in [-0.2, 0) is 11.3 Å². The second-order valence-corrected chi connectivity index (χ2v) is 16.4. The first kappa shape index (κ1) is 23.1. The first-order valence-electron chi connectivity index (χ1n) is 8.95. The number of halogens is 2. The van der Waals surface area contributed by atoms with Crippen LogP contribution in [0.4, 0.5) is 0 Å². The number of primary amides is 1. The van der Waals surface area contributed by atoms with Crippen molar-refractivity contribution in [2.24, 2.45) is 5.73 Å². The average Bonchev–Trinajstić information content (AvgIpc) is 2.55. The predicted octanol–water partition coefficient (Wildman–Crippen LogP) is 2.99. The Morgan fingerprint density at radius 2 is 1.92 bits per heavy atom. The summed E-state index contributed by atoms with van der Waals surface area (Å²) in [5.74, 6) is -0.00677. The molecule has 7 heteroatoms. The first-order valence-corrected chi connectivity index (χ1v) is 14.7. The van der Waals surface area contributed by atoms with Crippen molar-refractivity contribution in [3.05, 3.63) is 35.4 Å². The van der Waals surface area contributed by atoms with Gasteiger partial charge in [-0.25, -0.2) is 0 Å². The second-order valence-electron chi connectivity index (χ2n) is 7.16. The summed E-state index contributed by atoms with van der Waals surface area (Å²) in [4.78, 5) is 14.3. The van der Waals surface area contributed by atoms with Crippen molar-refractivity contribution in [1.29, 1.82) is 0 Å². The zero-order valence-corrected chi connectivity index (χ0v) is 20.0. The standard InChI is InChI=1S/C12H17N2.C6H11NO.2ClH.In/c1-11-3-2-4-12(9-11)10-14-7-5-13-6-8-14;1-2-3-4-5-6(7)8;;;/h2-4,9H,5-8,10H2,1H3;5H,1-4H2,(H2,7,8);2*1H;/q-1;;;;+1. The Balaban J connectivity index is 0.00000156. The van der Waals surface area contributed by atoms with Gasteiger partial charge in [0.15, 0.2) is 0 Å². The summed E-state index contributed by atoms with van der Waals surface area (Å²) < 4.78 is 4.34. The number of nitrogens with zero attached hydrogens (tertiary/aromatic N) is 2. The molecule has 2 saturated heterocycles. The maximum absolute atomic E-state index is 11.8. The van der Waals surface area contributed by atoms with Gasteiger partial charge in [0.2, 0.25) is 0 Å². The number of hydrogen-bond donors (Lipinski definition) is 1. The Morgan fingerprint density at radius 1 is 1.20 bits per heavy atom. The minimum Gasteiger partial charge on any atom is -0.147 e. The average molecular weight is 490 g/mol. The Hall–Kier alpha value is 0.0601. The van der Waals surface area contributed by atoms with Crippen molar-refractivity contribution in [3.63, 3.8) is 0 Å². The summed E-state index contributed by atoms with van der Waals surface area (Å²) in [6.45, 7) is 7.77. The van der Waals surface area contributed by atoms with E-state index in [1.54, 1.807) is 0 Å². The molecule has 1 aromatic carbocycles. The molecule has 1 unspecified atom stereocenters. The third kappa shape index (κ3) is 6.31. The molecule has 2 aliphatic rings. The van der Waals surface area contributed by atoms with Gasteiger partial charge in [0, 0.05) is 0 Å². The third-order valence-electron chi connectivity index (χ3n) is 5.46. The summed E-state index contributed by atoms with van der Waals surface area (Å²) in [6, 6.07) is 8.82. The molecule has 0 aromatic heterocycles. The third-order valence-corrected chi connectivity index (χ3v) is 17.0. The smallest absolute Gasteiger partial charge is 0.147 e. The molecule has 0 radical (unpaired) electrons. The molecule has 4 nitrogen and oxygen atoms in total. The largest absolute Gasteiger partial charge is 0.147 e. The summed E-state index contributed by atoms with van der Waals surface area (Å²) in [6.07, 6.45) is 3.60. The summed E-state index contributed by atoms with van der Waals surface area (Å²) >= 11 is -1.96. The van der Waals surface area contributed by atoms with Crippen LogP contribution < -0.4 is 5.73 Å². The fraction of sp³-hybridized carbons (Fsp3) is 0.611. The van der Waals surface area contributed by atoms with Crippen LogP contribution >= 0.6 is 24.8 Å². The SMILES string of the molecule is Cc1cccc(CN2CC[N]([In]3[CH2]CCC[CH]3C(N)=O)CC2)c1.Cl.Cl. The van der Waals surface area contributed by atoms with Crippen LogP contribution in [0.5, 0.6) is 0 Å². The van der Waals surface area contributed by atoms with E-state index in [0.29, 0.717) is 0 Å². The van der Waals surface area contributed by atoms with Crippen LogP contribution in [0.25, 0.3) is 0 Å². The summed E-state index contributed by atoms with van der Waals surface area (Å²) in [5.41, 5.74) is 8.43. The van der Waals surface area contributed by atoms with Crippen molar-refractivity contribution < 1.29 is 4.79 Å². The van der Waals surface area contributed by atoms with Gasteiger partial charge < -0.3 is 0 Å². The maximum atomic E-state index is 11.8. The topological polar surface area (TPSA) is 49.6 Å². The first-order chi connectivity index (χ1) is 11.1. The summed E-state index contributed by atoms with van der Waals surface area (Å²) in [7, 11) is 0. The molecule has 1 atom stereocenters. The normalized spacial score (nSPS) is 22.0. The van der Waals surface area contributed by atoms with Crippen LogP contribution in [0.2, 0.25) is 7.85 Å². The molecular formula is C18H30Cl2InN3O. The van der Waals surface area contributed by atoms with Crippen molar-refractivity contribution in [1.82, 2.24) is 7.79 Å². The molecular weight excluding hydrogens is 460 g/mol. The molecule has 0 bridgehead atoms. The maximum Gasteiger partial charge on any atom is -0.147 e. The molecule has 2 heterocycles. The number of carbonyl (C=O) groups is 1. The van der Waals surface area contributed by atoms with Gasteiger partial charge in [-0.3, -0.25) is 0 Å². The number of aryl methyl sites for hydroxylation is 1. The molecule has 2 fully saturated rings. The van der Waals surface area contributed by atoms with Crippen LogP contribution in [0.3, 0.4) is 0 Å². The zero-order valence-electron chi connectivity index (χ0n) is 15.0. The van der Waals surface area contributed by atoms with E-state index in [1.807, 2.05) is 0 Å². The van der Waals surface area contributed by atoms with Gasteiger partial charge in [-0.2, -0.15) is 0 Å². The van der Waals surface area contributed by atoms with Gasteiger partial charge in [0.05, 0.1) is 0 Å². The quantitative estimate of drug-likeness (QED) is 0.707. The van der Waals surface area contributed by atoms with E-state index in [0.717, 1.165) is 39.1 Å². The number of piperazine rings is 1. The molecule has 0 spiro atoms. The number of rotatable bonds is 4. The second kappa shape index (κ2) is 11.0. The minimum atomic E-state index is -1.96. The molecule has 2 aliphatic heterocycles. The van der Waals surface area contributed by atoms with E-state index in [9.17, 15) is 4.79 Å². The number of amides is 1. The number of carbonyl (C=O) groups excluding carboxylic acids is 1. The van der Waals surface area contributed by atoms with Crippen molar-refractivity contribution >= 4 is 52.4 Å². The van der Waals surface area contributed by atoms with E-state index >= 15 is 0 Å². The fourth-order valence-corrected chi connectivity index (χ4v) is 15.3. The Kier molecular flexibility index (Phi) is 10.2. The molecule has 25 heavy (non-hydrogen) atoms. The minimum absolute atomic E-state index is 0. The number of nitrogens with two attached hydrogens (primary N) is 1. The predicted molar refractivity (Wildman–Crippen MR) is 110 cm³/mol. The molecule has 140 valence electrons. The van der Waals surface area contributed by atoms with E-state index in [2.05, 4.69) is 39.0 Å². The zero-order chi connectivity index (χ0) is 16.2. The van der Waals surface area contributed by atoms with Gasteiger partial charge in [-0.05, 0) is 0 Å². The van der Waals surface area contributed by atoms with Gasteiger partial charge in [-0.15, -0.1) is 24.8 Å². The monoisotopic (exact) mass is 489 g/mol. The van der Waals surface area contributed by atoms with Crippen LogP contribution in [-0.4, -0.2) is 61.6 Å². The van der Waals surface area contributed by atoms with E-state index in [-0.39, 0.29) is 34.4 Å². The van der Waals surface area contributed by atoms with E-state index < -0.39 is 21.7 Å². The van der Waals surface area contributed by atoms with Gasteiger partial charge in [0.1, 0.15) is 0 Å². The van der Waals surface area contributed by atoms with Crippen LogP contribution in [0.1, 0.15) is 30.4 Å². The fourth-order valence-electron chi connectivity index (χ4n) is 4.20. The van der Waals surface area contributed by atoms with Gasteiger partial charge in [0.25, 0.3) is 0 Å². The molecule has 1 amide bonds. The van der Waals surface area contributed by atoms with Gasteiger partial charge in [-0.1, -0.05) is 0 Å². The van der Waals surface area contributed by atoms with Crippen LogP contribution in [0.15, 0.2) is 24.3 Å². The Labute approximate surface area is 172 Å². The number of hydrogen-bond acceptors (Lipinski definition) is 3. The van der Waals surface area contributed by atoms with E-state index in [4.69, 9.17) is 5.73 Å².